The zero-order chi connectivity index (χ0) is 28.4. The number of nitrogens with one attached hydrogen (secondary N) is 1. The van der Waals surface area contributed by atoms with E-state index in [1.54, 1.807) is 18.2 Å². The molecule has 2 aromatic rings. The van der Waals surface area contributed by atoms with E-state index in [4.69, 9.17) is 5.73 Å². The maximum Gasteiger partial charge on any atom is 0.138 e. The Morgan fingerprint density at radius 2 is 1.39 bits per heavy atom. The Labute approximate surface area is 227 Å². The topological polar surface area (TPSA) is 38.0 Å². The molecule has 2 nitrogen and oxygen atoms in total. The number of benzene rings is 2. The number of halogens is 2. The molecule has 210 valence electrons. The van der Waals surface area contributed by atoms with Crippen molar-refractivity contribution in [3.63, 3.8) is 0 Å². The summed E-state index contributed by atoms with van der Waals surface area (Å²) in [7, 11) is 0. The molecule has 1 saturated carbocycles. The third-order valence-corrected chi connectivity index (χ3v) is 5.70. The Morgan fingerprint density at radius 1 is 0.889 bits per heavy atom. The van der Waals surface area contributed by atoms with E-state index in [1.165, 1.54) is 56.7 Å². The highest BCUT2D eigenvalue weighted by Gasteiger charge is 2.07. The lowest BCUT2D eigenvalue weighted by atomic mass is 9.91. The van der Waals surface area contributed by atoms with Crippen LogP contribution in [-0.2, 0) is 0 Å². The second-order valence-corrected chi connectivity index (χ2v) is 9.17. The number of nitrogens with two attached hydrogens (primary N) is 1. The van der Waals surface area contributed by atoms with Gasteiger partial charge >= 0.3 is 0 Å². The van der Waals surface area contributed by atoms with Gasteiger partial charge in [0.25, 0.3) is 0 Å². The molecule has 3 rings (SSSR count). The van der Waals surface area contributed by atoms with Gasteiger partial charge in [-0.15, -0.1) is 0 Å². The average molecular weight is 527 g/mol. The van der Waals surface area contributed by atoms with Crippen LogP contribution in [-0.4, -0.2) is 6.54 Å². The summed E-state index contributed by atoms with van der Waals surface area (Å²) in [5.41, 5.74) is 7.58. The zero-order valence-electron chi connectivity index (χ0n) is 24.9. The van der Waals surface area contributed by atoms with Crippen molar-refractivity contribution in [2.75, 3.05) is 11.3 Å². The van der Waals surface area contributed by atoms with E-state index in [0.29, 0.717) is 10.6 Å². The van der Waals surface area contributed by atoms with Crippen LogP contribution in [0.3, 0.4) is 0 Å². The fraction of sp³-hybridized carbons (Fsp3) is 0.613. The van der Waals surface area contributed by atoms with Crippen molar-refractivity contribution in [2.24, 2.45) is 11.7 Å². The van der Waals surface area contributed by atoms with Crippen LogP contribution in [0.5, 0.6) is 0 Å². The molecule has 0 atom stereocenters. The molecular formula is C31H56F2N2S. The summed E-state index contributed by atoms with van der Waals surface area (Å²) < 4.78 is 29.6. The summed E-state index contributed by atoms with van der Waals surface area (Å²) in [5.74, 6) is 0.446. The first-order valence-electron chi connectivity index (χ1n) is 13.9. The van der Waals surface area contributed by atoms with Crippen molar-refractivity contribution in [1.29, 1.82) is 0 Å². The van der Waals surface area contributed by atoms with Crippen LogP contribution in [0.4, 0.5) is 14.5 Å². The van der Waals surface area contributed by atoms with E-state index in [0.717, 1.165) is 42.0 Å². The number of hydrogen-bond donors (Lipinski definition) is 2. The van der Waals surface area contributed by atoms with Crippen LogP contribution < -0.4 is 10.5 Å². The number of anilines is 1. The molecule has 0 spiro atoms. The van der Waals surface area contributed by atoms with Crippen molar-refractivity contribution < 1.29 is 8.78 Å². The molecule has 36 heavy (non-hydrogen) atoms. The van der Waals surface area contributed by atoms with Crippen molar-refractivity contribution in [3.8, 4) is 0 Å². The van der Waals surface area contributed by atoms with E-state index in [1.807, 2.05) is 41.5 Å². The summed E-state index contributed by atoms with van der Waals surface area (Å²) in [6, 6.07) is 9.36. The number of rotatable bonds is 4. The number of hydrogen-bond acceptors (Lipinski definition) is 3. The van der Waals surface area contributed by atoms with Crippen molar-refractivity contribution in [3.05, 3.63) is 59.2 Å². The molecule has 1 fully saturated rings. The molecule has 5 heteroatoms. The smallest absolute Gasteiger partial charge is 0.138 e. The molecule has 1 aliphatic rings. The van der Waals surface area contributed by atoms with E-state index in [-0.39, 0.29) is 11.6 Å². The van der Waals surface area contributed by atoms with Crippen LogP contribution >= 0.6 is 11.9 Å². The van der Waals surface area contributed by atoms with Gasteiger partial charge in [0.15, 0.2) is 0 Å². The van der Waals surface area contributed by atoms with Gasteiger partial charge in [0.1, 0.15) is 11.6 Å². The summed E-state index contributed by atoms with van der Waals surface area (Å²) in [6.45, 7) is 21.3. The minimum absolute atomic E-state index is 0.271. The lowest BCUT2D eigenvalue weighted by Crippen LogP contribution is -1.99. The number of aryl methyl sites for hydroxylation is 2. The standard InChI is InChI=1S/C14H13F2NS.C7H14.C3H9N.C3H8.2C2H6/c1-9-6-13(16)14(7-10(9)2)18-17-12-5-3-4-11(15)8-12;1-7-5-3-2-4-6-7;1-2-3-4;1-3-2;2*1-2/h3-8,17H,1-2H3;7H,2-6H2,1H3;2-4H2,1H3;3H2,1-2H3;2*1-2H3. The Hall–Kier alpha value is -1.59. The highest BCUT2D eigenvalue weighted by atomic mass is 32.2. The van der Waals surface area contributed by atoms with Crippen molar-refractivity contribution in [1.82, 2.24) is 0 Å². The Kier molecular flexibility index (Phi) is 30.3. The quantitative estimate of drug-likeness (QED) is 0.389. The average Bonchev–Trinajstić information content (AvgIpc) is 2.89. The molecule has 0 amide bonds. The zero-order valence-corrected chi connectivity index (χ0v) is 25.8. The van der Waals surface area contributed by atoms with Gasteiger partial charge in [-0.1, -0.05) is 100.0 Å². The molecule has 0 radical (unpaired) electrons. The largest absolute Gasteiger partial charge is 0.330 e. The predicted molar refractivity (Wildman–Crippen MR) is 162 cm³/mol. The SMILES string of the molecule is CC.CC.CC1CCCCC1.CCC.CCCN.Cc1cc(F)c(SNc2cccc(F)c2)cc1C. The molecule has 0 saturated heterocycles. The van der Waals surface area contributed by atoms with Gasteiger partial charge in [0.2, 0.25) is 0 Å². The van der Waals surface area contributed by atoms with Crippen molar-refractivity contribution in [2.45, 2.75) is 119 Å². The molecule has 0 aliphatic heterocycles. The van der Waals surface area contributed by atoms with Crippen molar-refractivity contribution >= 4 is 17.6 Å². The molecule has 1 aliphatic carbocycles. The maximum atomic E-state index is 13.7. The molecule has 0 unspecified atom stereocenters. The van der Waals surface area contributed by atoms with Crippen LogP contribution in [0.25, 0.3) is 0 Å². The molecule has 0 bridgehead atoms. The van der Waals surface area contributed by atoms with Crippen LogP contribution in [0.1, 0.15) is 111 Å². The van der Waals surface area contributed by atoms with E-state index >= 15 is 0 Å². The maximum absolute atomic E-state index is 13.7. The highest BCUT2D eigenvalue weighted by Crippen LogP contribution is 2.26. The third kappa shape index (κ3) is 21.7. The Balaban J connectivity index is -0.000000498. The van der Waals surface area contributed by atoms with Crippen LogP contribution in [0.15, 0.2) is 41.3 Å². The first-order valence-corrected chi connectivity index (χ1v) is 14.8. The fourth-order valence-electron chi connectivity index (χ4n) is 2.81. The van der Waals surface area contributed by atoms with Gasteiger partial charge in [-0.25, -0.2) is 8.78 Å². The molecule has 2 aromatic carbocycles. The minimum Gasteiger partial charge on any atom is -0.330 e. The van der Waals surface area contributed by atoms with Gasteiger partial charge in [-0.2, -0.15) is 0 Å². The monoisotopic (exact) mass is 526 g/mol. The molecule has 0 heterocycles. The highest BCUT2D eigenvalue weighted by molar-refractivity contribution is 8.00. The third-order valence-electron chi connectivity index (χ3n) is 4.83. The second kappa shape index (κ2) is 28.0. The van der Waals surface area contributed by atoms with Crippen LogP contribution in [0.2, 0.25) is 0 Å². The van der Waals surface area contributed by atoms with Crippen LogP contribution in [0, 0.1) is 31.4 Å². The van der Waals surface area contributed by atoms with Gasteiger partial charge in [0.05, 0.1) is 4.90 Å². The van der Waals surface area contributed by atoms with E-state index in [9.17, 15) is 8.78 Å². The summed E-state index contributed by atoms with van der Waals surface area (Å²) in [6.07, 6.45) is 9.78. The first-order chi connectivity index (χ1) is 17.3. The van der Waals surface area contributed by atoms with Gasteiger partial charge in [0, 0.05) is 5.69 Å². The van der Waals surface area contributed by atoms with E-state index < -0.39 is 0 Å². The second-order valence-electron chi connectivity index (χ2n) is 8.32. The molecule has 3 N–H and O–H groups in total. The van der Waals surface area contributed by atoms with E-state index in [2.05, 4.69) is 32.4 Å². The van der Waals surface area contributed by atoms with Gasteiger partial charge in [-0.05, 0) is 86.1 Å². The fourth-order valence-corrected chi connectivity index (χ4v) is 3.55. The van der Waals surface area contributed by atoms with Gasteiger partial charge < -0.3 is 10.5 Å². The summed E-state index contributed by atoms with van der Waals surface area (Å²) in [5, 5.41) is 0. The van der Waals surface area contributed by atoms with Gasteiger partial charge in [-0.3, -0.25) is 0 Å². The minimum atomic E-state index is -0.318. The summed E-state index contributed by atoms with van der Waals surface area (Å²) >= 11 is 1.14. The molecular weight excluding hydrogens is 470 g/mol. The lowest BCUT2D eigenvalue weighted by molar-refractivity contribution is 0.385. The Morgan fingerprint density at radius 3 is 1.81 bits per heavy atom. The Bertz CT molecular complexity index is 731. The predicted octanol–water partition coefficient (Wildman–Crippen LogP) is 11.1. The lowest BCUT2D eigenvalue weighted by Gasteiger charge is -2.15. The first kappa shape index (κ1) is 38.9. The summed E-state index contributed by atoms with van der Waals surface area (Å²) in [4.78, 5) is 0.502. The normalized spacial score (nSPS) is 11.8. The molecule has 0 aromatic heterocycles.